The Morgan fingerprint density at radius 2 is 1.75 bits per heavy atom. The molecule has 2 saturated heterocycles. The average Bonchev–Trinajstić information content (AvgIpc) is 3.70. The fourth-order valence-electron chi connectivity index (χ4n) is 7.13. The Balaban J connectivity index is 1.06. The van der Waals surface area contributed by atoms with Gasteiger partial charge in [-0.2, -0.15) is 0 Å². The van der Waals surface area contributed by atoms with E-state index in [9.17, 15) is 0 Å². The van der Waals surface area contributed by atoms with Crippen LogP contribution in [0, 0.1) is 6.92 Å². The van der Waals surface area contributed by atoms with E-state index >= 15 is 0 Å². The van der Waals surface area contributed by atoms with E-state index in [2.05, 4.69) is 64.3 Å². The number of fused-ring (bicyclic) bond motifs is 4. The molecule has 200 valence electrons. The van der Waals surface area contributed by atoms with Gasteiger partial charge in [-0.1, -0.05) is 24.3 Å². The first kappa shape index (κ1) is 24.0. The van der Waals surface area contributed by atoms with Gasteiger partial charge in [-0.15, -0.1) is 0 Å². The number of likely N-dealkylation sites (tertiary alicyclic amines) is 1. The number of hydrogen-bond donors (Lipinski definition) is 1. The van der Waals surface area contributed by atoms with Gasteiger partial charge in [0.1, 0.15) is 5.65 Å². The summed E-state index contributed by atoms with van der Waals surface area (Å²) in [6.45, 7) is 4.14. The van der Waals surface area contributed by atoms with Crippen molar-refractivity contribution >= 4 is 11.0 Å². The van der Waals surface area contributed by atoms with Crippen molar-refractivity contribution in [1.29, 1.82) is 0 Å². The normalized spacial score (nSPS) is 22.5. The zero-order valence-electron chi connectivity index (χ0n) is 22.8. The van der Waals surface area contributed by atoms with Crippen molar-refractivity contribution in [3.63, 3.8) is 0 Å². The van der Waals surface area contributed by atoms with Gasteiger partial charge < -0.3 is 9.72 Å². The third kappa shape index (κ3) is 4.14. The van der Waals surface area contributed by atoms with Crippen LogP contribution in [0.4, 0.5) is 0 Å². The highest BCUT2D eigenvalue weighted by Gasteiger charge is 2.42. The van der Waals surface area contributed by atoms with Crippen molar-refractivity contribution in [1.82, 2.24) is 24.8 Å². The second-order valence-corrected chi connectivity index (χ2v) is 11.7. The molecule has 3 atom stereocenters. The number of nitrogens with zero attached hydrogens (tertiary/aromatic N) is 4. The predicted molar refractivity (Wildman–Crippen MR) is 158 cm³/mol. The van der Waals surface area contributed by atoms with Crippen molar-refractivity contribution < 1.29 is 4.74 Å². The molecule has 40 heavy (non-hydrogen) atoms. The lowest BCUT2D eigenvalue weighted by Crippen LogP contribution is -2.44. The van der Waals surface area contributed by atoms with Crippen LogP contribution in [-0.4, -0.2) is 56.2 Å². The van der Waals surface area contributed by atoms with Gasteiger partial charge in [-0.3, -0.25) is 14.9 Å². The number of aromatic nitrogens is 4. The molecule has 6 heterocycles. The average molecular weight is 528 g/mol. The second-order valence-electron chi connectivity index (χ2n) is 11.7. The molecule has 3 aliphatic rings. The molecule has 6 nitrogen and oxygen atoms in total. The standard InChI is InChI=1S/C34H33N5O/c1-21-3-2-12-35-33(21)25-8-11-32(36-16-25)31-18-38-34-30(31)14-26(17-37-34)24-5-4-22-6-9-27(10-7-23(22)13-24)39-19-29-15-28(39)20-40-29/h2-5,8,11-14,16-18,27-29H,6-7,9-10,15,19-20H2,1H3,(H,37,38)/t27-,28-,29-/m0/s1. The van der Waals surface area contributed by atoms with Crippen molar-refractivity contribution in [2.24, 2.45) is 0 Å². The molecule has 2 bridgehead atoms. The smallest absolute Gasteiger partial charge is 0.137 e. The van der Waals surface area contributed by atoms with Gasteiger partial charge in [-0.05, 0) is 85.5 Å². The van der Waals surface area contributed by atoms with E-state index in [0.717, 1.165) is 70.7 Å². The van der Waals surface area contributed by atoms with E-state index in [1.165, 1.54) is 36.0 Å². The molecular weight excluding hydrogens is 494 g/mol. The van der Waals surface area contributed by atoms with Crippen molar-refractivity contribution in [2.45, 2.75) is 57.2 Å². The quantitative estimate of drug-likeness (QED) is 0.275. The van der Waals surface area contributed by atoms with Gasteiger partial charge in [0.15, 0.2) is 0 Å². The molecule has 5 aromatic rings. The zero-order valence-corrected chi connectivity index (χ0v) is 22.8. The zero-order chi connectivity index (χ0) is 26.6. The number of ether oxygens (including phenoxy) is 1. The summed E-state index contributed by atoms with van der Waals surface area (Å²) in [5, 5.41) is 1.09. The maximum Gasteiger partial charge on any atom is 0.137 e. The van der Waals surface area contributed by atoms with E-state index in [0.29, 0.717) is 18.2 Å². The highest BCUT2D eigenvalue weighted by atomic mass is 16.5. The number of rotatable bonds is 4. The van der Waals surface area contributed by atoms with E-state index in [1.54, 1.807) is 0 Å². The van der Waals surface area contributed by atoms with Crippen LogP contribution in [0.15, 0.2) is 73.3 Å². The van der Waals surface area contributed by atoms with E-state index in [4.69, 9.17) is 14.7 Å². The molecule has 2 aliphatic heterocycles. The van der Waals surface area contributed by atoms with E-state index in [1.807, 2.05) is 30.9 Å². The number of aromatic amines is 1. The van der Waals surface area contributed by atoms with Crippen molar-refractivity contribution in [3.05, 3.63) is 90.0 Å². The summed E-state index contributed by atoms with van der Waals surface area (Å²) >= 11 is 0. The van der Waals surface area contributed by atoms with Crippen molar-refractivity contribution in [2.75, 3.05) is 13.2 Å². The Morgan fingerprint density at radius 3 is 2.55 bits per heavy atom. The molecule has 1 aromatic carbocycles. The molecule has 1 N–H and O–H groups in total. The maximum absolute atomic E-state index is 5.86. The first-order chi connectivity index (χ1) is 19.7. The molecular formula is C34H33N5O. The number of H-pyrrole nitrogens is 1. The second kappa shape index (κ2) is 9.65. The van der Waals surface area contributed by atoms with Crippen LogP contribution in [0.1, 0.15) is 36.0 Å². The number of hydrogen-bond acceptors (Lipinski definition) is 5. The van der Waals surface area contributed by atoms with E-state index in [-0.39, 0.29) is 0 Å². The summed E-state index contributed by atoms with van der Waals surface area (Å²) in [6, 6.07) is 18.9. The lowest BCUT2D eigenvalue weighted by Gasteiger charge is -2.34. The highest BCUT2D eigenvalue weighted by Crippen LogP contribution is 2.36. The summed E-state index contributed by atoms with van der Waals surface area (Å²) in [5.74, 6) is 0. The van der Waals surface area contributed by atoms with Crippen LogP contribution in [0.2, 0.25) is 0 Å². The number of morpholine rings is 1. The van der Waals surface area contributed by atoms with Crippen LogP contribution in [0.3, 0.4) is 0 Å². The molecule has 0 spiro atoms. The van der Waals surface area contributed by atoms with Crippen LogP contribution in [0.25, 0.3) is 44.7 Å². The summed E-state index contributed by atoms with van der Waals surface area (Å²) in [6.07, 6.45) is 14.2. The van der Waals surface area contributed by atoms with Crippen LogP contribution >= 0.6 is 0 Å². The van der Waals surface area contributed by atoms with Crippen LogP contribution < -0.4 is 0 Å². The molecule has 6 heteroatoms. The van der Waals surface area contributed by atoms with E-state index < -0.39 is 0 Å². The SMILES string of the molecule is Cc1cccnc1-c1ccc(-c2c[nH]c3ncc(-c4ccc5c(c4)CC[C@@H](N4C[C@@H]6C[C@H]4CO6)CC5)cc23)nc1. The molecule has 0 saturated carbocycles. The molecule has 4 aromatic heterocycles. The first-order valence-corrected chi connectivity index (χ1v) is 14.5. The lowest BCUT2D eigenvalue weighted by atomic mass is 9.96. The fourth-order valence-corrected chi connectivity index (χ4v) is 7.13. The molecule has 0 unspecified atom stereocenters. The molecule has 2 fully saturated rings. The third-order valence-electron chi connectivity index (χ3n) is 9.30. The van der Waals surface area contributed by atoms with Crippen molar-refractivity contribution in [3.8, 4) is 33.6 Å². The van der Waals surface area contributed by atoms with Crippen LogP contribution in [-0.2, 0) is 17.6 Å². The molecule has 8 rings (SSSR count). The minimum Gasteiger partial charge on any atom is -0.375 e. The largest absolute Gasteiger partial charge is 0.375 e. The number of nitrogens with one attached hydrogen (secondary N) is 1. The number of benzene rings is 1. The predicted octanol–water partition coefficient (Wildman–Crippen LogP) is 6.38. The summed E-state index contributed by atoms with van der Waals surface area (Å²) in [4.78, 5) is 20.2. The van der Waals surface area contributed by atoms with Gasteiger partial charge >= 0.3 is 0 Å². The van der Waals surface area contributed by atoms with Gasteiger partial charge in [0.2, 0.25) is 0 Å². The highest BCUT2D eigenvalue weighted by molar-refractivity contribution is 5.95. The monoisotopic (exact) mass is 527 g/mol. The minimum atomic E-state index is 0.473. The minimum absolute atomic E-state index is 0.473. The Hall–Kier alpha value is -3.87. The van der Waals surface area contributed by atoms with Gasteiger partial charge in [0, 0.05) is 65.5 Å². The first-order valence-electron chi connectivity index (χ1n) is 14.5. The summed E-state index contributed by atoms with van der Waals surface area (Å²) in [7, 11) is 0. The molecule has 0 amide bonds. The van der Waals surface area contributed by atoms with Gasteiger partial charge in [0.05, 0.1) is 24.1 Å². The van der Waals surface area contributed by atoms with Gasteiger partial charge in [-0.25, -0.2) is 4.98 Å². The Bertz CT molecular complexity index is 1710. The third-order valence-corrected chi connectivity index (χ3v) is 9.30. The molecule has 0 radical (unpaired) electrons. The van der Waals surface area contributed by atoms with Crippen LogP contribution in [0.5, 0.6) is 0 Å². The van der Waals surface area contributed by atoms with Gasteiger partial charge in [0.25, 0.3) is 0 Å². The molecule has 1 aliphatic carbocycles. The maximum atomic E-state index is 5.86. The number of aryl methyl sites for hydroxylation is 3. The fraction of sp³-hybridized carbons (Fsp3) is 0.324. The Labute approximate surface area is 234 Å². The topological polar surface area (TPSA) is 66.9 Å². The lowest BCUT2D eigenvalue weighted by molar-refractivity contribution is 0.00854. The summed E-state index contributed by atoms with van der Waals surface area (Å²) < 4.78 is 5.86. The summed E-state index contributed by atoms with van der Waals surface area (Å²) in [5.41, 5.74) is 11.4. The number of pyridine rings is 3. The Kier molecular flexibility index (Phi) is 5.78. The Morgan fingerprint density at radius 1 is 0.875 bits per heavy atom.